The lowest BCUT2D eigenvalue weighted by Crippen LogP contribution is -2.27. The number of methoxy groups -OCH3 is 1. The van der Waals surface area contributed by atoms with E-state index in [1.54, 1.807) is 31.4 Å². The van der Waals surface area contributed by atoms with Gasteiger partial charge in [-0.2, -0.15) is 0 Å². The second kappa shape index (κ2) is 6.22. The van der Waals surface area contributed by atoms with Crippen LogP contribution >= 0.6 is 0 Å². The Labute approximate surface area is 112 Å². The van der Waals surface area contributed by atoms with Crippen molar-refractivity contribution >= 4 is 11.9 Å². The molecule has 1 rings (SSSR count). The van der Waals surface area contributed by atoms with Gasteiger partial charge < -0.3 is 14.6 Å². The van der Waals surface area contributed by atoms with Crippen molar-refractivity contribution in [1.29, 1.82) is 0 Å². The van der Waals surface area contributed by atoms with Crippen molar-refractivity contribution in [2.45, 2.75) is 26.9 Å². The number of carboxylic acids is 1. The zero-order chi connectivity index (χ0) is 14.5. The van der Waals surface area contributed by atoms with Crippen molar-refractivity contribution in [2.75, 3.05) is 7.11 Å². The molecule has 0 aromatic heterocycles. The summed E-state index contributed by atoms with van der Waals surface area (Å²) in [4.78, 5) is 22.4. The number of benzene rings is 1. The zero-order valence-electron chi connectivity index (χ0n) is 11.3. The van der Waals surface area contributed by atoms with E-state index in [9.17, 15) is 9.59 Å². The van der Waals surface area contributed by atoms with Gasteiger partial charge in [0.25, 0.3) is 0 Å². The van der Waals surface area contributed by atoms with Crippen LogP contribution in [-0.4, -0.2) is 24.2 Å². The molecule has 0 unspecified atom stereocenters. The predicted octanol–water partition coefficient (Wildman–Crippen LogP) is 2.24. The van der Waals surface area contributed by atoms with Crippen molar-refractivity contribution in [3.05, 3.63) is 29.8 Å². The Hall–Kier alpha value is -2.04. The fraction of sp³-hybridized carbons (Fsp3) is 0.429. The third-order valence-electron chi connectivity index (χ3n) is 2.72. The van der Waals surface area contributed by atoms with Gasteiger partial charge in [0.05, 0.1) is 18.9 Å². The summed E-state index contributed by atoms with van der Waals surface area (Å²) in [6.07, 6.45) is -0.154. The SMILES string of the molecule is COc1ccc(COC(=O)CC(C)(C)C(=O)O)cc1. The predicted molar refractivity (Wildman–Crippen MR) is 68.8 cm³/mol. The molecule has 0 aliphatic carbocycles. The van der Waals surface area contributed by atoms with Gasteiger partial charge in [-0.3, -0.25) is 9.59 Å². The number of carboxylic acid groups (broad SMARTS) is 1. The highest BCUT2D eigenvalue weighted by atomic mass is 16.5. The molecule has 0 saturated heterocycles. The van der Waals surface area contributed by atoms with Gasteiger partial charge >= 0.3 is 11.9 Å². The molecule has 104 valence electrons. The molecule has 0 amide bonds. The number of rotatable bonds is 6. The van der Waals surface area contributed by atoms with Crippen molar-refractivity contribution in [1.82, 2.24) is 0 Å². The molecule has 1 aromatic rings. The molecular weight excluding hydrogens is 248 g/mol. The average molecular weight is 266 g/mol. The summed E-state index contributed by atoms with van der Waals surface area (Å²) >= 11 is 0. The third kappa shape index (κ3) is 4.62. The van der Waals surface area contributed by atoms with Crippen molar-refractivity contribution < 1.29 is 24.2 Å². The maximum atomic E-state index is 11.5. The van der Waals surface area contributed by atoms with E-state index in [2.05, 4.69) is 0 Å². The Kier molecular flexibility index (Phi) is 4.92. The summed E-state index contributed by atoms with van der Waals surface area (Å²) in [7, 11) is 1.57. The molecule has 0 aliphatic heterocycles. The standard InChI is InChI=1S/C14H18O5/c1-14(2,13(16)17)8-12(15)19-9-10-4-6-11(18-3)7-5-10/h4-7H,8-9H2,1-3H3,(H,16,17). The quantitative estimate of drug-likeness (QED) is 0.799. The monoisotopic (exact) mass is 266 g/mol. The second-order valence-electron chi connectivity index (χ2n) is 4.87. The zero-order valence-corrected chi connectivity index (χ0v) is 11.3. The van der Waals surface area contributed by atoms with E-state index in [1.165, 1.54) is 13.8 Å². The Morgan fingerprint density at radius 2 is 1.79 bits per heavy atom. The number of carbonyl (C=O) groups is 2. The molecule has 0 atom stereocenters. The molecule has 0 fully saturated rings. The minimum Gasteiger partial charge on any atom is -0.497 e. The number of esters is 1. The Morgan fingerprint density at radius 3 is 2.26 bits per heavy atom. The summed E-state index contributed by atoms with van der Waals surface area (Å²) in [5, 5.41) is 8.91. The van der Waals surface area contributed by atoms with Crippen LogP contribution in [0.4, 0.5) is 0 Å². The Balaban J connectivity index is 2.48. The van der Waals surface area contributed by atoms with E-state index in [-0.39, 0.29) is 13.0 Å². The molecule has 1 N–H and O–H groups in total. The van der Waals surface area contributed by atoms with Gasteiger partial charge in [0, 0.05) is 0 Å². The van der Waals surface area contributed by atoms with E-state index in [4.69, 9.17) is 14.6 Å². The molecule has 0 saturated carbocycles. The van der Waals surface area contributed by atoms with E-state index >= 15 is 0 Å². The topological polar surface area (TPSA) is 72.8 Å². The number of hydrogen-bond donors (Lipinski definition) is 1. The highest BCUT2D eigenvalue weighted by Gasteiger charge is 2.30. The van der Waals surface area contributed by atoms with Crippen LogP contribution in [0.1, 0.15) is 25.8 Å². The maximum absolute atomic E-state index is 11.5. The van der Waals surface area contributed by atoms with E-state index < -0.39 is 17.4 Å². The van der Waals surface area contributed by atoms with E-state index in [0.29, 0.717) is 0 Å². The number of ether oxygens (including phenoxy) is 2. The molecule has 0 bridgehead atoms. The Bertz CT molecular complexity index is 447. The molecule has 0 heterocycles. The van der Waals surface area contributed by atoms with Crippen LogP contribution < -0.4 is 4.74 Å². The molecule has 0 aliphatic rings. The van der Waals surface area contributed by atoms with Gasteiger partial charge in [-0.25, -0.2) is 0 Å². The molecule has 5 nitrogen and oxygen atoms in total. The third-order valence-corrected chi connectivity index (χ3v) is 2.72. The first-order valence-corrected chi connectivity index (χ1v) is 5.87. The van der Waals surface area contributed by atoms with Gasteiger partial charge in [-0.1, -0.05) is 12.1 Å². The average Bonchev–Trinajstić information content (AvgIpc) is 2.36. The van der Waals surface area contributed by atoms with Crippen LogP contribution in [-0.2, 0) is 20.9 Å². The lowest BCUT2D eigenvalue weighted by atomic mass is 9.90. The van der Waals surface area contributed by atoms with Crippen LogP contribution in [0.25, 0.3) is 0 Å². The molecule has 1 aromatic carbocycles. The normalized spacial score (nSPS) is 10.9. The number of carbonyl (C=O) groups excluding carboxylic acids is 1. The van der Waals surface area contributed by atoms with Crippen molar-refractivity contribution in [3.8, 4) is 5.75 Å². The first-order chi connectivity index (χ1) is 8.85. The van der Waals surface area contributed by atoms with E-state index in [1.807, 2.05) is 0 Å². The van der Waals surface area contributed by atoms with E-state index in [0.717, 1.165) is 11.3 Å². The summed E-state index contributed by atoms with van der Waals surface area (Å²) < 4.78 is 10.1. The fourth-order valence-corrected chi connectivity index (χ4v) is 1.37. The fourth-order valence-electron chi connectivity index (χ4n) is 1.37. The molecule has 0 radical (unpaired) electrons. The highest BCUT2D eigenvalue weighted by molar-refractivity contribution is 5.81. The van der Waals surface area contributed by atoms with Gasteiger partial charge in [0.2, 0.25) is 0 Å². The van der Waals surface area contributed by atoms with Crippen LogP contribution in [0.5, 0.6) is 5.75 Å². The smallest absolute Gasteiger partial charge is 0.309 e. The molecule has 0 spiro atoms. The van der Waals surface area contributed by atoms with Gasteiger partial charge in [0.15, 0.2) is 0 Å². The Morgan fingerprint density at radius 1 is 1.21 bits per heavy atom. The lowest BCUT2D eigenvalue weighted by molar-refractivity contribution is -0.157. The second-order valence-corrected chi connectivity index (χ2v) is 4.87. The summed E-state index contributed by atoms with van der Waals surface area (Å²) in [5.41, 5.74) is -0.293. The highest BCUT2D eigenvalue weighted by Crippen LogP contribution is 2.21. The first-order valence-electron chi connectivity index (χ1n) is 5.87. The van der Waals surface area contributed by atoms with Crippen LogP contribution in [0, 0.1) is 5.41 Å². The van der Waals surface area contributed by atoms with Crippen LogP contribution in [0.3, 0.4) is 0 Å². The molecule has 19 heavy (non-hydrogen) atoms. The van der Waals surface area contributed by atoms with Crippen molar-refractivity contribution in [3.63, 3.8) is 0 Å². The number of aliphatic carboxylic acids is 1. The van der Waals surface area contributed by atoms with Gasteiger partial charge in [-0.05, 0) is 31.5 Å². The summed E-state index contributed by atoms with van der Waals surface area (Å²) in [5.74, 6) is -0.820. The summed E-state index contributed by atoms with van der Waals surface area (Å²) in [6, 6.07) is 7.11. The van der Waals surface area contributed by atoms with Crippen LogP contribution in [0.2, 0.25) is 0 Å². The minimum atomic E-state index is -1.11. The lowest BCUT2D eigenvalue weighted by Gasteiger charge is -2.17. The van der Waals surface area contributed by atoms with Gasteiger partial charge in [-0.15, -0.1) is 0 Å². The first kappa shape index (κ1) is 15.0. The minimum absolute atomic E-state index is 0.124. The largest absolute Gasteiger partial charge is 0.497 e. The van der Waals surface area contributed by atoms with Crippen LogP contribution in [0.15, 0.2) is 24.3 Å². The molecular formula is C14H18O5. The van der Waals surface area contributed by atoms with Gasteiger partial charge in [0.1, 0.15) is 12.4 Å². The number of hydrogen-bond acceptors (Lipinski definition) is 4. The molecule has 5 heteroatoms. The van der Waals surface area contributed by atoms with Crippen molar-refractivity contribution in [2.24, 2.45) is 5.41 Å². The maximum Gasteiger partial charge on any atom is 0.309 e. The summed E-state index contributed by atoms with van der Waals surface area (Å²) in [6.45, 7) is 3.10.